The average molecular weight is 306 g/mol. The third kappa shape index (κ3) is 2.51. The molecule has 0 fully saturated rings. The third-order valence-corrected chi connectivity index (χ3v) is 4.57. The summed E-state index contributed by atoms with van der Waals surface area (Å²) in [5.74, 6) is 3.15. The Bertz CT molecular complexity index is 730. The average Bonchev–Trinajstić information content (AvgIpc) is 3.03. The normalized spacial score (nSPS) is 11.2. The topological polar surface area (TPSA) is 63.8 Å². The second-order valence-corrected chi connectivity index (χ2v) is 6.11. The van der Waals surface area contributed by atoms with Gasteiger partial charge >= 0.3 is 0 Å². The Kier molecular flexibility index (Phi) is 3.62. The van der Waals surface area contributed by atoms with Gasteiger partial charge in [0.05, 0.1) is 16.8 Å². The fourth-order valence-corrected chi connectivity index (χ4v) is 3.34. The van der Waals surface area contributed by atoms with Crippen LogP contribution in [0.3, 0.4) is 0 Å². The van der Waals surface area contributed by atoms with Gasteiger partial charge in [-0.25, -0.2) is 15.0 Å². The predicted molar refractivity (Wildman–Crippen MR) is 82.5 cm³/mol. The Morgan fingerprint density at radius 1 is 1.30 bits per heavy atom. The monoisotopic (exact) mass is 306 g/mol. The van der Waals surface area contributed by atoms with E-state index in [1.807, 2.05) is 32.3 Å². The van der Waals surface area contributed by atoms with E-state index in [4.69, 9.17) is 4.42 Å². The molecule has 0 radical (unpaired) electrons. The molecule has 0 spiro atoms. The van der Waals surface area contributed by atoms with Crippen molar-refractivity contribution in [1.82, 2.24) is 15.0 Å². The fourth-order valence-electron chi connectivity index (χ4n) is 1.79. The Morgan fingerprint density at radius 3 is 2.85 bits per heavy atom. The number of nitrogens with zero attached hydrogens (tertiary/aromatic N) is 3. The van der Waals surface area contributed by atoms with E-state index in [2.05, 4.69) is 20.3 Å². The van der Waals surface area contributed by atoms with Crippen molar-refractivity contribution in [2.75, 3.05) is 12.4 Å². The number of hydrogen-bond donors (Lipinski definition) is 1. The number of fused-ring (bicyclic) bond motifs is 1. The summed E-state index contributed by atoms with van der Waals surface area (Å²) in [6.07, 6.45) is 0. The molecule has 3 rings (SSSR count). The maximum Gasteiger partial charge on any atom is 0.256 e. The highest BCUT2D eigenvalue weighted by molar-refractivity contribution is 7.98. The van der Waals surface area contributed by atoms with Crippen LogP contribution in [0.15, 0.2) is 21.1 Å². The standard InChI is InChI=1S/C13H14N4OS2/c1-7-8(2)18-13(15-7)20-6-10-16-11(14-3)9-4-5-19-12(9)17-10/h4-5H,6H2,1-3H3,(H,14,16,17). The van der Waals surface area contributed by atoms with E-state index in [9.17, 15) is 0 Å². The largest absolute Gasteiger partial charge is 0.437 e. The third-order valence-electron chi connectivity index (χ3n) is 2.94. The molecule has 3 heterocycles. The van der Waals surface area contributed by atoms with Gasteiger partial charge in [-0.05, 0) is 25.3 Å². The van der Waals surface area contributed by atoms with Crippen LogP contribution >= 0.6 is 23.1 Å². The number of oxazole rings is 1. The van der Waals surface area contributed by atoms with E-state index < -0.39 is 0 Å². The summed E-state index contributed by atoms with van der Waals surface area (Å²) >= 11 is 3.13. The number of anilines is 1. The molecule has 0 atom stereocenters. The van der Waals surface area contributed by atoms with Crippen molar-refractivity contribution in [3.8, 4) is 0 Å². The Morgan fingerprint density at radius 2 is 2.15 bits per heavy atom. The zero-order valence-electron chi connectivity index (χ0n) is 11.4. The van der Waals surface area contributed by atoms with Crippen LogP contribution in [0.25, 0.3) is 10.2 Å². The Balaban J connectivity index is 1.83. The summed E-state index contributed by atoms with van der Waals surface area (Å²) in [7, 11) is 1.87. The van der Waals surface area contributed by atoms with E-state index in [1.165, 1.54) is 11.8 Å². The first-order valence-electron chi connectivity index (χ1n) is 6.16. The van der Waals surface area contributed by atoms with Crippen molar-refractivity contribution in [2.24, 2.45) is 0 Å². The van der Waals surface area contributed by atoms with Crippen LogP contribution < -0.4 is 5.32 Å². The smallest absolute Gasteiger partial charge is 0.256 e. The molecule has 3 aromatic heterocycles. The highest BCUT2D eigenvalue weighted by Crippen LogP contribution is 2.28. The summed E-state index contributed by atoms with van der Waals surface area (Å²) in [4.78, 5) is 14.4. The Labute approximate surface area is 124 Å². The lowest BCUT2D eigenvalue weighted by Crippen LogP contribution is -1.99. The predicted octanol–water partition coefficient (Wildman–Crippen LogP) is 3.63. The van der Waals surface area contributed by atoms with Crippen LogP contribution in [-0.2, 0) is 5.75 Å². The molecule has 3 aromatic rings. The lowest BCUT2D eigenvalue weighted by Gasteiger charge is -2.04. The minimum Gasteiger partial charge on any atom is -0.437 e. The van der Waals surface area contributed by atoms with E-state index in [0.29, 0.717) is 11.0 Å². The van der Waals surface area contributed by atoms with Crippen molar-refractivity contribution in [2.45, 2.75) is 24.8 Å². The van der Waals surface area contributed by atoms with Crippen molar-refractivity contribution in [1.29, 1.82) is 0 Å². The van der Waals surface area contributed by atoms with E-state index in [1.54, 1.807) is 11.3 Å². The quantitative estimate of drug-likeness (QED) is 0.743. The van der Waals surface area contributed by atoms with Crippen LogP contribution in [0.1, 0.15) is 17.3 Å². The molecular formula is C13H14N4OS2. The first-order valence-corrected chi connectivity index (χ1v) is 8.02. The number of nitrogens with one attached hydrogen (secondary N) is 1. The minimum absolute atomic E-state index is 0.641. The maximum atomic E-state index is 5.55. The summed E-state index contributed by atoms with van der Waals surface area (Å²) in [5.41, 5.74) is 0.929. The van der Waals surface area contributed by atoms with Gasteiger partial charge in [0.25, 0.3) is 5.22 Å². The van der Waals surface area contributed by atoms with Gasteiger partial charge < -0.3 is 9.73 Å². The molecule has 0 aromatic carbocycles. The fraction of sp³-hybridized carbons (Fsp3) is 0.308. The molecule has 104 valence electrons. The summed E-state index contributed by atoms with van der Waals surface area (Å²) in [6.45, 7) is 3.86. The van der Waals surface area contributed by atoms with Crippen LogP contribution in [0.2, 0.25) is 0 Å². The molecule has 20 heavy (non-hydrogen) atoms. The molecule has 5 nitrogen and oxygen atoms in total. The second kappa shape index (κ2) is 5.41. The first kappa shape index (κ1) is 13.4. The molecule has 0 aliphatic heterocycles. The molecule has 0 aliphatic rings. The van der Waals surface area contributed by atoms with Crippen molar-refractivity contribution >= 4 is 39.1 Å². The summed E-state index contributed by atoms with van der Waals surface area (Å²) in [5, 5.41) is 6.87. The SMILES string of the molecule is CNc1nc(CSc2nc(C)c(C)o2)nc2sccc12. The number of hydrogen-bond acceptors (Lipinski definition) is 7. The van der Waals surface area contributed by atoms with Gasteiger partial charge in [0.1, 0.15) is 22.2 Å². The highest BCUT2D eigenvalue weighted by Gasteiger charge is 2.11. The second-order valence-electron chi connectivity index (χ2n) is 4.29. The lowest BCUT2D eigenvalue weighted by molar-refractivity contribution is 0.431. The van der Waals surface area contributed by atoms with Crippen LogP contribution in [0, 0.1) is 13.8 Å². The Hall–Kier alpha value is -1.60. The van der Waals surface area contributed by atoms with Crippen molar-refractivity contribution in [3.63, 3.8) is 0 Å². The molecule has 0 saturated heterocycles. The highest BCUT2D eigenvalue weighted by atomic mass is 32.2. The van der Waals surface area contributed by atoms with Gasteiger partial charge in [-0.15, -0.1) is 11.3 Å². The molecule has 7 heteroatoms. The van der Waals surface area contributed by atoms with Crippen LogP contribution in [-0.4, -0.2) is 22.0 Å². The lowest BCUT2D eigenvalue weighted by atomic mass is 10.4. The number of thioether (sulfide) groups is 1. The van der Waals surface area contributed by atoms with Crippen LogP contribution in [0.5, 0.6) is 0 Å². The van der Waals surface area contributed by atoms with Crippen molar-refractivity contribution < 1.29 is 4.42 Å². The van der Waals surface area contributed by atoms with Gasteiger partial charge in [-0.3, -0.25) is 0 Å². The maximum absolute atomic E-state index is 5.55. The van der Waals surface area contributed by atoms with Crippen LogP contribution in [0.4, 0.5) is 5.82 Å². The van der Waals surface area contributed by atoms with E-state index in [0.717, 1.165) is 33.3 Å². The zero-order valence-corrected chi connectivity index (χ0v) is 13.1. The van der Waals surface area contributed by atoms with E-state index in [-0.39, 0.29) is 0 Å². The summed E-state index contributed by atoms with van der Waals surface area (Å²) in [6, 6.07) is 2.03. The van der Waals surface area contributed by atoms with E-state index >= 15 is 0 Å². The van der Waals surface area contributed by atoms with Gasteiger partial charge in [-0.1, -0.05) is 11.8 Å². The minimum atomic E-state index is 0.641. The van der Waals surface area contributed by atoms with Crippen molar-refractivity contribution in [3.05, 3.63) is 28.7 Å². The zero-order chi connectivity index (χ0) is 14.1. The van der Waals surface area contributed by atoms with Gasteiger partial charge in [0.2, 0.25) is 0 Å². The molecule has 0 aliphatic carbocycles. The molecule has 1 N–H and O–H groups in total. The molecule has 0 saturated carbocycles. The van der Waals surface area contributed by atoms with Gasteiger partial charge in [0.15, 0.2) is 0 Å². The van der Waals surface area contributed by atoms with Gasteiger partial charge in [0, 0.05) is 7.05 Å². The number of aromatic nitrogens is 3. The summed E-state index contributed by atoms with van der Waals surface area (Å²) < 4.78 is 5.55. The number of thiophene rings is 1. The number of aryl methyl sites for hydroxylation is 2. The first-order chi connectivity index (χ1) is 9.67. The molecule has 0 unspecified atom stereocenters. The molecule has 0 amide bonds. The number of rotatable bonds is 4. The molecular weight excluding hydrogens is 292 g/mol. The van der Waals surface area contributed by atoms with Gasteiger partial charge in [-0.2, -0.15) is 0 Å². The molecule has 0 bridgehead atoms.